The zero-order valence-corrected chi connectivity index (χ0v) is 17.6. The molecule has 0 amide bonds. The number of unbranched alkanes of at least 4 members (excludes halogenated alkanes) is 1. The van der Waals surface area contributed by atoms with Crippen LogP contribution in [0.1, 0.15) is 89.1 Å². The normalized spacial score (nSPS) is 14.0. The van der Waals surface area contributed by atoms with Crippen molar-refractivity contribution in [3.63, 3.8) is 0 Å². The summed E-state index contributed by atoms with van der Waals surface area (Å²) in [4.78, 5) is 21.3. The summed E-state index contributed by atoms with van der Waals surface area (Å²) < 4.78 is 0. The summed E-state index contributed by atoms with van der Waals surface area (Å²) in [5, 5.41) is 9.36. The third kappa shape index (κ3) is 6.99. The minimum absolute atomic E-state index is 0.0498. The number of hydrogen-bond acceptors (Lipinski definition) is 4. The quantitative estimate of drug-likeness (QED) is 0.483. The SMILES string of the molecule is C/C(=C\c1ncc(C(=O)CCCCC(CO)C(C)C)nc1C)C(C)(C)C. The number of aliphatic hydroxyl groups is 1. The van der Waals surface area contributed by atoms with Crippen LogP contribution in [0.5, 0.6) is 0 Å². The lowest BCUT2D eigenvalue weighted by Gasteiger charge is -2.19. The van der Waals surface area contributed by atoms with E-state index in [0.29, 0.717) is 24.0 Å². The third-order valence-electron chi connectivity index (χ3n) is 5.21. The van der Waals surface area contributed by atoms with Gasteiger partial charge >= 0.3 is 0 Å². The highest BCUT2D eigenvalue weighted by Gasteiger charge is 2.15. The van der Waals surface area contributed by atoms with Crippen molar-refractivity contribution in [1.29, 1.82) is 0 Å². The van der Waals surface area contributed by atoms with Gasteiger partial charge in [-0.25, -0.2) is 4.98 Å². The second-order valence-corrected chi connectivity index (χ2v) is 8.66. The predicted molar refractivity (Wildman–Crippen MR) is 108 cm³/mol. The Hall–Kier alpha value is -1.55. The standard InChI is InChI=1S/C22H36N2O2/c1-15(2)18(14-25)10-8-9-11-21(26)20-13-23-19(17(4)24-20)12-16(3)22(5,6)7/h12-13,15,18,25H,8-11,14H2,1-7H3/b16-12+. The molecule has 4 nitrogen and oxygen atoms in total. The number of allylic oxidation sites excluding steroid dienone is 1. The van der Waals surface area contributed by atoms with Crippen LogP contribution in [-0.4, -0.2) is 27.5 Å². The Kier molecular flexibility index (Phi) is 8.61. The van der Waals surface area contributed by atoms with E-state index >= 15 is 0 Å². The molecule has 1 aromatic rings. The Morgan fingerprint density at radius 1 is 1.27 bits per heavy atom. The topological polar surface area (TPSA) is 63.1 Å². The maximum Gasteiger partial charge on any atom is 0.182 e. The number of aromatic nitrogens is 2. The van der Waals surface area contributed by atoms with Crippen LogP contribution < -0.4 is 0 Å². The molecule has 4 heteroatoms. The first-order valence-corrected chi connectivity index (χ1v) is 9.72. The average molecular weight is 361 g/mol. The molecule has 1 heterocycles. The van der Waals surface area contributed by atoms with Crippen molar-refractivity contribution in [2.45, 2.75) is 74.1 Å². The molecule has 26 heavy (non-hydrogen) atoms. The Bertz CT molecular complexity index is 628. The molecular weight excluding hydrogens is 324 g/mol. The fraction of sp³-hybridized carbons (Fsp3) is 0.682. The van der Waals surface area contributed by atoms with E-state index in [2.05, 4.69) is 57.6 Å². The maximum atomic E-state index is 12.4. The van der Waals surface area contributed by atoms with Gasteiger partial charge < -0.3 is 5.11 Å². The van der Waals surface area contributed by atoms with Crippen molar-refractivity contribution < 1.29 is 9.90 Å². The van der Waals surface area contributed by atoms with Gasteiger partial charge in [0.15, 0.2) is 5.78 Å². The van der Waals surface area contributed by atoms with E-state index in [9.17, 15) is 9.90 Å². The first kappa shape index (κ1) is 22.5. The molecule has 0 saturated heterocycles. The van der Waals surface area contributed by atoms with Gasteiger partial charge in [0.1, 0.15) is 5.69 Å². The van der Waals surface area contributed by atoms with E-state index < -0.39 is 0 Å². The van der Waals surface area contributed by atoms with E-state index in [-0.39, 0.29) is 17.8 Å². The maximum absolute atomic E-state index is 12.4. The zero-order chi connectivity index (χ0) is 19.9. The molecule has 0 spiro atoms. The molecule has 1 unspecified atom stereocenters. The van der Waals surface area contributed by atoms with E-state index in [1.165, 1.54) is 5.57 Å². The Morgan fingerprint density at radius 3 is 2.42 bits per heavy atom. The van der Waals surface area contributed by atoms with Crippen LogP contribution in [0.4, 0.5) is 0 Å². The number of nitrogens with zero attached hydrogens (tertiary/aromatic N) is 2. The number of ketones is 1. The van der Waals surface area contributed by atoms with Crippen LogP contribution >= 0.6 is 0 Å². The second kappa shape index (κ2) is 9.96. The van der Waals surface area contributed by atoms with Crippen LogP contribution in [0.3, 0.4) is 0 Å². The Morgan fingerprint density at radius 2 is 1.92 bits per heavy atom. The van der Waals surface area contributed by atoms with Crippen LogP contribution in [0.2, 0.25) is 0 Å². The fourth-order valence-corrected chi connectivity index (χ4v) is 2.64. The molecule has 146 valence electrons. The smallest absolute Gasteiger partial charge is 0.182 e. The van der Waals surface area contributed by atoms with Crippen LogP contribution in [-0.2, 0) is 0 Å². The molecule has 1 aromatic heterocycles. The molecule has 0 aliphatic rings. The average Bonchev–Trinajstić information content (AvgIpc) is 2.55. The van der Waals surface area contributed by atoms with Gasteiger partial charge in [0.2, 0.25) is 0 Å². The Balaban J connectivity index is 2.65. The van der Waals surface area contributed by atoms with Crippen molar-refractivity contribution in [2.75, 3.05) is 6.61 Å². The number of aliphatic hydroxyl groups excluding tert-OH is 1. The van der Waals surface area contributed by atoms with Crippen molar-refractivity contribution in [3.8, 4) is 0 Å². The largest absolute Gasteiger partial charge is 0.396 e. The summed E-state index contributed by atoms with van der Waals surface area (Å²) in [5.74, 6) is 0.847. The highest BCUT2D eigenvalue weighted by Crippen LogP contribution is 2.26. The number of aryl methyl sites for hydroxylation is 1. The predicted octanol–water partition coefficient (Wildman–Crippen LogP) is 5.24. The molecule has 0 fully saturated rings. The number of rotatable bonds is 9. The molecule has 0 aliphatic carbocycles. The molecule has 1 N–H and O–H groups in total. The van der Waals surface area contributed by atoms with Crippen LogP contribution in [0, 0.1) is 24.2 Å². The first-order chi connectivity index (χ1) is 12.1. The van der Waals surface area contributed by atoms with Gasteiger partial charge in [-0.1, -0.05) is 46.6 Å². The molecule has 0 aromatic carbocycles. The van der Waals surface area contributed by atoms with E-state index in [4.69, 9.17) is 0 Å². The van der Waals surface area contributed by atoms with Gasteiger partial charge in [0, 0.05) is 13.0 Å². The lowest BCUT2D eigenvalue weighted by atomic mass is 9.87. The molecule has 1 atom stereocenters. The monoisotopic (exact) mass is 360 g/mol. The lowest BCUT2D eigenvalue weighted by molar-refractivity contribution is 0.0972. The van der Waals surface area contributed by atoms with Crippen LogP contribution in [0.25, 0.3) is 6.08 Å². The van der Waals surface area contributed by atoms with Gasteiger partial charge in [0.25, 0.3) is 0 Å². The highest BCUT2D eigenvalue weighted by atomic mass is 16.3. The fourth-order valence-electron chi connectivity index (χ4n) is 2.64. The van der Waals surface area contributed by atoms with Gasteiger partial charge in [-0.05, 0) is 50.0 Å². The third-order valence-corrected chi connectivity index (χ3v) is 5.21. The Labute approximate surface area is 159 Å². The summed E-state index contributed by atoms with van der Waals surface area (Å²) in [6.45, 7) is 15.0. The van der Waals surface area contributed by atoms with Crippen molar-refractivity contribution >= 4 is 11.9 Å². The van der Waals surface area contributed by atoms with E-state index in [1.54, 1.807) is 6.20 Å². The molecule has 0 saturated carbocycles. The minimum Gasteiger partial charge on any atom is -0.396 e. The molecular formula is C22H36N2O2. The molecule has 0 radical (unpaired) electrons. The molecule has 0 bridgehead atoms. The summed E-state index contributed by atoms with van der Waals surface area (Å²) in [6.07, 6.45) is 6.88. The summed E-state index contributed by atoms with van der Waals surface area (Å²) in [5.41, 5.74) is 3.40. The van der Waals surface area contributed by atoms with Gasteiger partial charge in [-0.15, -0.1) is 0 Å². The van der Waals surface area contributed by atoms with Crippen molar-refractivity contribution in [1.82, 2.24) is 9.97 Å². The minimum atomic E-state index is 0.0498. The van der Waals surface area contributed by atoms with Gasteiger partial charge in [-0.3, -0.25) is 9.78 Å². The van der Waals surface area contributed by atoms with E-state index in [0.717, 1.165) is 30.7 Å². The van der Waals surface area contributed by atoms with Crippen molar-refractivity contribution in [2.24, 2.45) is 17.3 Å². The number of carbonyl (C=O) groups excluding carboxylic acids is 1. The van der Waals surface area contributed by atoms with E-state index in [1.807, 2.05) is 6.92 Å². The van der Waals surface area contributed by atoms with Crippen molar-refractivity contribution in [3.05, 3.63) is 28.9 Å². The molecule has 1 rings (SSSR count). The second-order valence-electron chi connectivity index (χ2n) is 8.66. The van der Waals surface area contributed by atoms with Crippen LogP contribution in [0.15, 0.2) is 11.8 Å². The highest BCUT2D eigenvalue weighted by molar-refractivity contribution is 5.94. The number of carbonyl (C=O) groups is 1. The van der Waals surface area contributed by atoms with Gasteiger partial charge in [0.05, 0.1) is 17.6 Å². The first-order valence-electron chi connectivity index (χ1n) is 9.72. The van der Waals surface area contributed by atoms with Gasteiger partial charge in [-0.2, -0.15) is 0 Å². The number of hydrogen-bond donors (Lipinski definition) is 1. The zero-order valence-electron chi connectivity index (χ0n) is 17.6. The molecule has 0 aliphatic heterocycles. The summed E-state index contributed by atoms with van der Waals surface area (Å²) in [6, 6.07) is 0. The summed E-state index contributed by atoms with van der Waals surface area (Å²) >= 11 is 0. The number of Topliss-reactive ketones (excluding diaryl/α,β-unsaturated/α-hetero) is 1. The summed E-state index contributed by atoms with van der Waals surface area (Å²) in [7, 11) is 0. The lowest BCUT2D eigenvalue weighted by Crippen LogP contribution is -2.13.